The number of ether oxygens (including phenoxy) is 1. The topological polar surface area (TPSA) is 73.2 Å². The van der Waals surface area contributed by atoms with E-state index in [2.05, 4.69) is 10.4 Å². The van der Waals surface area contributed by atoms with Crippen LogP contribution in [0, 0.1) is 6.92 Å². The Morgan fingerprint density at radius 2 is 2.00 bits per heavy atom. The van der Waals surface area contributed by atoms with Gasteiger partial charge < -0.3 is 10.1 Å². The predicted molar refractivity (Wildman–Crippen MR) is 108 cm³/mol. The molecule has 1 aliphatic rings. The van der Waals surface area contributed by atoms with Crippen LogP contribution in [0.25, 0.3) is 6.08 Å². The third-order valence-electron chi connectivity index (χ3n) is 4.74. The van der Waals surface area contributed by atoms with E-state index in [0.717, 1.165) is 31.2 Å². The maximum Gasteiger partial charge on any atom is 0.331 e. The Labute approximate surface area is 169 Å². The molecule has 0 saturated heterocycles. The SMILES string of the molecule is Cc1nn(Cc2ccccc2)c(Cl)c1/C=C/C(=O)OCC(=O)NC1CCCC1. The van der Waals surface area contributed by atoms with Gasteiger partial charge in [0, 0.05) is 17.7 Å². The number of hydrogen-bond donors (Lipinski definition) is 1. The Balaban J connectivity index is 1.54. The third-order valence-corrected chi connectivity index (χ3v) is 5.14. The maximum atomic E-state index is 11.9. The van der Waals surface area contributed by atoms with Crippen LogP contribution in [0.15, 0.2) is 36.4 Å². The predicted octanol–water partition coefficient (Wildman–Crippen LogP) is 3.51. The third kappa shape index (κ3) is 5.45. The fourth-order valence-electron chi connectivity index (χ4n) is 3.29. The second-order valence-corrected chi connectivity index (χ2v) is 7.28. The average molecular weight is 402 g/mol. The zero-order valence-corrected chi connectivity index (χ0v) is 16.6. The van der Waals surface area contributed by atoms with Gasteiger partial charge in [0.05, 0.1) is 12.2 Å². The Hall–Kier alpha value is -2.60. The molecule has 1 amide bonds. The molecule has 3 rings (SSSR count). The highest BCUT2D eigenvalue weighted by Gasteiger charge is 2.17. The van der Waals surface area contributed by atoms with Gasteiger partial charge in [-0.25, -0.2) is 9.48 Å². The van der Waals surface area contributed by atoms with Crippen LogP contribution in [0.4, 0.5) is 0 Å². The number of benzene rings is 1. The lowest BCUT2D eigenvalue weighted by molar-refractivity contribution is -0.144. The van der Waals surface area contributed by atoms with Crippen LogP contribution in [-0.2, 0) is 20.9 Å². The summed E-state index contributed by atoms with van der Waals surface area (Å²) >= 11 is 6.42. The molecule has 0 atom stereocenters. The molecule has 0 radical (unpaired) electrons. The Kier molecular flexibility index (Phi) is 6.87. The van der Waals surface area contributed by atoms with Gasteiger partial charge >= 0.3 is 5.97 Å². The second kappa shape index (κ2) is 9.55. The van der Waals surface area contributed by atoms with Gasteiger partial charge in [-0.1, -0.05) is 54.8 Å². The zero-order chi connectivity index (χ0) is 19.9. The summed E-state index contributed by atoms with van der Waals surface area (Å²) in [6.45, 7) is 2.09. The largest absolute Gasteiger partial charge is 0.452 e. The van der Waals surface area contributed by atoms with Crippen molar-refractivity contribution in [3.63, 3.8) is 0 Å². The maximum absolute atomic E-state index is 11.9. The van der Waals surface area contributed by atoms with Gasteiger partial charge in [-0.15, -0.1) is 0 Å². The van der Waals surface area contributed by atoms with E-state index in [0.29, 0.717) is 23.0 Å². The van der Waals surface area contributed by atoms with E-state index >= 15 is 0 Å². The summed E-state index contributed by atoms with van der Waals surface area (Å²) in [7, 11) is 0. The van der Waals surface area contributed by atoms with Crippen LogP contribution in [0.2, 0.25) is 5.15 Å². The van der Waals surface area contributed by atoms with Gasteiger partial charge in [-0.05, 0) is 31.4 Å². The van der Waals surface area contributed by atoms with Gasteiger partial charge in [-0.2, -0.15) is 5.10 Å². The molecule has 1 aliphatic carbocycles. The van der Waals surface area contributed by atoms with Crippen molar-refractivity contribution in [2.75, 3.05) is 6.61 Å². The van der Waals surface area contributed by atoms with E-state index in [4.69, 9.17) is 16.3 Å². The van der Waals surface area contributed by atoms with Crippen molar-refractivity contribution in [1.29, 1.82) is 0 Å². The molecule has 2 aromatic rings. The number of aryl methyl sites for hydroxylation is 1. The highest BCUT2D eigenvalue weighted by molar-refractivity contribution is 6.31. The number of amides is 1. The number of esters is 1. The first-order chi connectivity index (χ1) is 13.5. The summed E-state index contributed by atoms with van der Waals surface area (Å²) in [5.41, 5.74) is 2.45. The van der Waals surface area contributed by atoms with Crippen LogP contribution in [0.1, 0.15) is 42.5 Å². The van der Waals surface area contributed by atoms with Gasteiger partial charge in [0.15, 0.2) is 6.61 Å². The molecular weight excluding hydrogens is 378 g/mol. The lowest BCUT2D eigenvalue weighted by Gasteiger charge is -2.11. The molecule has 1 saturated carbocycles. The molecule has 0 spiro atoms. The average Bonchev–Trinajstić information content (AvgIpc) is 3.28. The molecule has 1 aromatic carbocycles. The molecule has 7 heteroatoms. The summed E-state index contributed by atoms with van der Waals surface area (Å²) in [4.78, 5) is 23.7. The lowest BCUT2D eigenvalue weighted by atomic mass is 10.2. The first kappa shape index (κ1) is 20.1. The molecule has 28 heavy (non-hydrogen) atoms. The Morgan fingerprint density at radius 1 is 1.29 bits per heavy atom. The Bertz CT molecular complexity index is 855. The number of carbonyl (C=O) groups is 2. The van der Waals surface area contributed by atoms with Crippen molar-refractivity contribution in [1.82, 2.24) is 15.1 Å². The number of rotatable bonds is 7. The van der Waals surface area contributed by atoms with Crippen LogP contribution in [0.3, 0.4) is 0 Å². The van der Waals surface area contributed by atoms with Gasteiger partial charge in [0.1, 0.15) is 5.15 Å². The van der Waals surface area contributed by atoms with Crippen molar-refractivity contribution in [3.05, 3.63) is 58.4 Å². The molecule has 1 N–H and O–H groups in total. The second-order valence-electron chi connectivity index (χ2n) is 6.92. The molecular formula is C21H24ClN3O3. The fraction of sp³-hybridized carbons (Fsp3) is 0.381. The minimum atomic E-state index is -0.590. The number of carbonyl (C=O) groups excluding carboxylic acids is 2. The van der Waals surface area contributed by atoms with Crippen LogP contribution in [0.5, 0.6) is 0 Å². The first-order valence-corrected chi connectivity index (χ1v) is 9.82. The first-order valence-electron chi connectivity index (χ1n) is 9.44. The Morgan fingerprint density at radius 3 is 2.71 bits per heavy atom. The number of nitrogens with zero attached hydrogens (tertiary/aromatic N) is 2. The molecule has 1 fully saturated rings. The summed E-state index contributed by atoms with van der Waals surface area (Å²) < 4.78 is 6.70. The standard InChI is InChI=1S/C21H24ClN3O3/c1-15-18(21(22)25(24-15)13-16-7-3-2-4-8-16)11-12-20(27)28-14-19(26)23-17-9-5-6-10-17/h2-4,7-8,11-12,17H,5-6,9-10,13-14H2,1H3,(H,23,26)/b12-11+. The van der Waals surface area contributed by atoms with Crippen LogP contribution < -0.4 is 5.32 Å². The molecule has 0 unspecified atom stereocenters. The van der Waals surface area contributed by atoms with Crippen molar-refractivity contribution in [2.45, 2.75) is 45.2 Å². The van der Waals surface area contributed by atoms with Crippen molar-refractivity contribution >= 4 is 29.6 Å². The summed E-state index contributed by atoms with van der Waals surface area (Å²) in [5, 5.41) is 7.76. The smallest absolute Gasteiger partial charge is 0.331 e. The van der Waals surface area contributed by atoms with Crippen LogP contribution >= 0.6 is 11.6 Å². The molecule has 0 bridgehead atoms. The van der Waals surface area contributed by atoms with Gasteiger partial charge in [0.2, 0.25) is 0 Å². The molecule has 0 aliphatic heterocycles. The van der Waals surface area contributed by atoms with Crippen molar-refractivity contribution in [3.8, 4) is 0 Å². The molecule has 1 aromatic heterocycles. The molecule has 148 valence electrons. The van der Waals surface area contributed by atoms with Gasteiger partial charge in [-0.3, -0.25) is 4.79 Å². The highest BCUT2D eigenvalue weighted by Crippen LogP contribution is 2.22. The number of aromatic nitrogens is 2. The van der Waals surface area contributed by atoms with E-state index in [9.17, 15) is 9.59 Å². The number of hydrogen-bond acceptors (Lipinski definition) is 4. The van der Waals surface area contributed by atoms with Gasteiger partial charge in [0.25, 0.3) is 5.91 Å². The normalized spacial score (nSPS) is 14.5. The molecule has 1 heterocycles. The number of nitrogens with one attached hydrogen (secondary N) is 1. The van der Waals surface area contributed by atoms with E-state index in [1.54, 1.807) is 10.8 Å². The quantitative estimate of drug-likeness (QED) is 0.569. The minimum absolute atomic E-state index is 0.207. The number of halogens is 1. The minimum Gasteiger partial charge on any atom is -0.452 e. The van der Waals surface area contributed by atoms with Crippen molar-refractivity contribution in [2.24, 2.45) is 0 Å². The zero-order valence-electron chi connectivity index (χ0n) is 15.9. The summed E-state index contributed by atoms with van der Waals surface area (Å²) in [6.07, 6.45) is 7.08. The van der Waals surface area contributed by atoms with Crippen molar-refractivity contribution < 1.29 is 14.3 Å². The highest BCUT2D eigenvalue weighted by atomic mass is 35.5. The van der Waals surface area contributed by atoms with E-state index < -0.39 is 5.97 Å². The lowest BCUT2D eigenvalue weighted by Crippen LogP contribution is -2.35. The monoisotopic (exact) mass is 401 g/mol. The van der Waals surface area contributed by atoms with E-state index in [1.165, 1.54) is 6.08 Å². The molecule has 6 nitrogen and oxygen atoms in total. The van der Waals surface area contributed by atoms with E-state index in [-0.39, 0.29) is 18.6 Å². The summed E-state index contributed by atoms with van der Waals surface area (Å²) in [6, 6.07) is 10.1. The van der Waals surface area contributed by atoms with Crippen LogP contribution in [-0.4, -0.2) is 34.3 Å². The van der Waals surface area contributed by atoms with E-state index in [1.807, 2.05) is 37.3 Å². The fourth-order valence-corrected chi connectivity index (χ4v) is 3.59. The summed E-state index contributed by atoms with van der Waals surface area (Å²) in [5.74, 6) is -0.855.